The lowest BCUT2D eigenvalue weighted by Gasteiger charge is -2.04. The maximum Gasteiger partial charge on any atom is 0.123 e. The Bertz CT molecular complexity index is 431. The molecular formula is C13H14ClFN2. The number of benzene rings is 1. The van der Waals surface area contributed by atoms with E-state index in [4.69, 9.17) is 0 Å². The summed E-state index contributed by atoms with van der Waals surface area (Å²) in [6, 6.07) is 12.3. The SMILES string of the molecule is Cl.Fc1ccc(CNCc2ccccn2)cc1. The summed E-state index contributed by atoms with van der Waals surface area (Å²) in [6.07, 6.45) is 1.77. The summed E-state index contributed by atoms with van der Waals surface area (Å²) in [6.45, 7) is 1.44. The molecule has 0 saturated heterocycles. The third kappa shape index (κ3) is 4.51. The Labute approximate surface area is 106 Å². The van der Waals surface area contributed by atoms with Crippen LogP contribution in [-0.4, -0.2) is 4.98 Å². The highest BCUT2D eigenvalue weighted by Gasteiger charge is 1.95. The van der Waals surface area contributed by atoms with Gasteiger partial charge >= 0.3 is 0 Å². The van der Waals surface area contributed by atoms with E-state index in [1.165, 1.54) is 12.1 Å². The Hall–Kier alpha value is -1.45. The molecule has 17 heavy (non-hydrogen) atoms. The van der Waals surface area contributed by atoms with Crippen LogP contribution in [0.15, 0.2) is 48.7 Å². The standard InChI is InChI=1S/C13H13FN2.ClH/c14-12-6-4-11(5-7-12)9-15-10-13-3-1-2-8-16-13;/h1-8,15H,9-10H2;1H. The van der Waals surface area contributed by atoms with Gasteiger partial charge in [-0.15, -0.1) is 12.4 Å². The minimum atomic E-state index is -0.200. The lowest BCUT2D eigenvalue weighted by Crippen LogP contribution is -2.13. The minimum Gasteiger partial charge on any atom is -0.307 e. The molecule has 0 aliphatic heterocycles. The molecule has 0 fully saturated rings. The summed E-state index contributed by atoms with van der Waals surface area (Å²) < 4.78 is 12.6. The van der Waals surface area contributed by atoms with Crippen molar-refractivity contribution in [3.8, 4) is 0 Å². The molecule has 0 spiro atoms. The van der Waals surface area contributed by atoms with E-state index in [-0.39, 0.29) is 18.2 Å². The highest BCUT2D eigenvalue weighted by molar-refractivity contribution is 5.85. The zero-order valence-corrected chi connectivity index (χ0v) is 10.1. The summed E-state index contributed by atoms with van der Waals surface area (Å²) in [7, 11) is 0. The van der Waals surface area contributed by atoms with Crippen molar-refractivity contribution >= 4 is 12.4 Å². The second kappa shape index (κ2) is 6.99. The molecule has 0 saturated carbocycles. The van der Waals surface area contributed by atoms with Crippen LogP contribution in [0.2, 0.25) is 0 Å². The Kier molecular flexibility index (Phi) is 5.60. The summed E-state index contributed by atoms with van der Waals surface area (Å²) in [5.41, 5.74) is 2.07. The summed E-state index contributed by atoms with van der Waals surface area (Å²) in [5.74, 6) is -0.200. The van der Waals surface area contributed by atoms with E-state index >= 15 is 0 Å². The molecule has 0 aliphatic carbocycles. The van der Waals surface area contributed by atoms with Crippen molar-refractivity contribution in [2.45, 2.75) is 13.1 Å². The van der Waals surface area contributed by atoms with E-state index in [1.54, 1.807) is 18.3 Å². The number of hydrogen-bond donors (Lipinski definition) is 1. The quantitative estimate of drug-likeness (QED) is 0.905. The molecule has 2 aromatic rings. The molecule has 2 nitrogen and oxygen atoms in total. The number of aromatic nitrogens is 1. The van der Waals surface area contributed by atoms with Crippen LogP contribution in [-0.2, 0) is 13.1 Å². The number of hydrogen-bond acceptors (Lipinski definition) is 2. The zero-order valence-electron chi connectivity index (χ0n) is 9.27. The predicted molar refractivity (Wildman–Crippen MR) is 68.4 cm³/mol. The molecular weight excluding hydrogens is 239 g/mol. The van der Waals surface area contributed by atoms with Gasteiger partial charge in [-0.3, -0.25) is 4.98 Å². The average molecular weight is 253 g/mol. The number of nitrogens with zero attached hydrogens (tertiary/aromatic N) is 1. The number of nitrogens with one attached hydrogen (secondary N) is 1. The van der Waals surface area contributed by atoms with Crippen LogP contribution in [0.25, 0.3) is 0 Å². The number of pyridine rings is 1. The van der Waals surface area contributed by atoms with Gasteiger partial charge in [0.05, 0.1) is 5.69 Å². The smallest absolute Gasteiger partial charge is 0.123 e. The first kappa shape index (κ1) is 13.6. The van der Waals surface area contributed by atoms with Gasteiger partial charge in [-0.2, -0.15) is 0 Å². The minimum absolute atomic E-state index is 0. The fraction of sp³-hybridized carbons (Fsp3) is 0.154. The lowest BCUT2D eigenvalue weighted by molar-refractivity contribution is 0.624. The topological polar surface area (TPSA) is 24.9 Å². The van der Waals surface area contributed by atoms with Gasteiger partial charge in [0.15, 0.2) is 0 Å². The van der Waals surface area contributed by atoms with Gasteiger partial charge in [0.25, 0.3) is 0 Å². The van der Waals surface area contributed by atoms with E-state index in [2.05, 4.69) is 10.3 Å². The van der Waals surface area contributed by atoms with Gasteiger partial charge in [0, 0.05) is 19.3 Å². The van der Waals surface area contributed by atoms with Crippen molar-refractivity contribution < 1.29 is 4.39 Å². The summed E-state index contributed by atoms with van der Waals surface area (Å²) in [5, 5.41) is 3.25. The first-order valence-corrected chi connectivity index (χ1v) is 5.20. The first-order chi connectivity index (χ1) is 7.84. The van der Waals surface area contributed by atoms with Gasteiger partial charge in [-0.25, -0.2) is 4.39 Å². The van der Waals surface area contributed by atoms with Gasteiger partial charge in [0.2, 0.25) is 0 Å². The third-order valence-corrected chi connectivity index (χ3v) is 2.27. The second-order valence-electron chi connectivity index (χ2n) is 3.55. The van der Waals surface area contributed by atoms with E-state index in [0.717, 1.165) is 24.3 Å². The van der Waals surface area contributed by atoms with Gasteiger partial charge in [-0.05, 0) is 29.8 Å². The van der Waals surface area contributed by atoms with Crippen LogP contribution in [0.5, 0.6) is 0 Å². The number of rotatable bonds is 4. The third-order valence-electron chi connectivity index (χ3n) is 2.27. The van der Waals surface area contributed by atoms with Crippen molar-refractivity contribution in [1.29, 1.82) is 0 Å². The van der Waals surface area contributed by atoms with Crippen molar-refractivity contribution in [2.24, 2.45) is 0 Å². The Morgan fingerprint density at radius 1 is 1.00 bits per heavy atom. The molecule has 1 N–H and O–H groups in total. The van der Waals surface area contributed by atoms with Crippen LogP contribution in [0.1, 0.15) is 11.3 Å². The fourth-order valence-electron chi connectivity index (χ4n) is 1.44. The van der Waals surface area contributed by atoms with Gasteiger partial charge < -0.3 is 5.32 Å². The Morgan fingerprint density at radius 2 is 1.76 bits per heavy atom. The lowest BCUT2D eigenvalue weighted by atomic mass is 10.2. The van der Waals surface area contributed by atoms with E-state index in [9.17, 15) is 4.39 Å². The zero-order chi connectivity index (χ0) is 11.2. The highest BCUT2D eigenvalue weighted by atomic mass is 35.5. The van der Waals surface area contributed by atoms with Gasteiger partial charge in [0.1, 0.15) is 5.82 Å². The van der Waals surface area contributed by atoms with Crippen molar-refractivity contribution in [1.82, 2.24) is 10.3 Å². The maximum atomic E-state index is 12.6. The molecule has 1 aromatic heterocycles. The molecule has 2 rings (SSSR count). The fourth-order valence-corrected chi connectivity index (χ4v) is 1.44. The summed E-state index contributed by atoms with van der Waals surface area (Å²) >= 11 is 0. The van der Waals surface area contributed by atoms with E-state index < -0.39 is 0 Å². The molecule has 0 bridgehead atoms. The molecule has 1 aromatic carbocycles. The maximum absolute atomic E-state index is 12.6. The van der Waals surface area contributed by atoms with Gasteiger partial charge in [-0.1, -0.05) is 18.2 Å². The van der Waals surface area contributed by atoms with Crippen LogP contribution >= 0.6 is 12.4 Å². The predicted octanol–water partition coefficient (Wildman–Crippen LogP) is 2.93. The summed E-state index contributed by atoms with van der Waals surface area (Å²) in [4.78, 5) is 4.20. The molecule has 0 radical (unpaired) electrons. The van der Waals surface area contributed by atoms with Crippen molar-refractivity contribution in [2.75, 3.05) is 0 Å². The monoisotopic (exact) mass is 252 g/mol. The van der Waals surface area contributed by atoms with Crippen molar-refractivity contribution in [3.05, 3.63) is 65.7 Å². The highest BCUT2D eigenvalue weighted by Crippen LogP contribution is 2.02. The average Bonchev–Trinajstić information content (AvgIpc) is 2.33. The molecule has 0 unspecified atom stereocenters. The van der Waals surface area contributed by atoms with Crippen LogP contribution in [0, 0.1) is 5.82 Å². The first-order valence-electron chi connectivity index (χ1n) is 5.20. The van der Waals surface area contributed by atoms with Crippen LogP contribution in [0.3, 0.4) is 0 Å². The molecule has 0 atom stereocenters. The van der Waals surface area contributed by atoms with E-state index in [1.807, 2.05) is 18.2 Å². The Morgan fingerprint density at radius 3 is 2.41 bits per heavy atom. The normalized spacial score (nSPS) is 9.71. The number of halogens is 2. The molecule has 90 valence electrons. The van der Waals surface area contributed by atoms with Crippen LogP contribution in [0.4, 0.5) is 4.39 Å². The molecule has 0 amide bonds. The van der Waals surface area contributed by atoms with E-state index in [0.29, 0.717) is 0 Å². The molecule has 1 heterocycles. The largest absolute Gasteiger partial charge is 0.307 e. The Balaban J connectivity index is 0.00000144. The second-order valence-corrected chi connectivity index (χ2v) is 3.55. The molecule has 4 heteroatoms. The molecule has 0 aliphatic rings. The van der Waals surface area contributed by atoms with Crippen LogP contribution < -0.4 is 5.32 Å². The van der Waals surface area contributed by atoms with Crippen molar-refractivity contribution in [3.63, 3.8) is 0 Å².